The number of methoxy groups -OCH3 is 1. The Kier molecular flexibility index (Phi) is 4.23. The molecule has 0 spiro atoms. The molecule has 0 radical (unpaired) electrons. The van der Waals surface area contributed by atoms with E-state index in [1.807, 2.05) is 0 Å². The minimum absolute atomic E-state index is 0.156. The SMILES string of the molecule is COc1ccc(S(=O)(=O)C2CN(C(=O)c3cnc(C)cn3)C2)cc1. The number of likely N-dealkylation sites (tertiary alicyclic amines) is 1. The van der Waals surface area contributed by atoms with Gasteiger partial charge in [0.25, 0.3) is 5.91 Å². The standard InChI is InChI=1S/C16H17N3O4S/c1-11-7-18-15(8-17-11)16(20)19-9-14(10-19)24(21,22)13-5-3-12(23-2)4-6-13/h3-8,14H,9-10H2,1-2H3. The van der Waals surface area contributed by atoms with Crippen molar-refractivity contribution >= 4 is 15.7 Å². The van der Waals surface area contributed by atoms with Gasteiger partial charge in [0.1, 0.15) is 16.7 Å². The summed E-state index contributed by atoms with van der Waals surface area (Å²) in [5.41, 5.74) is 0.941. The van der Waals surface area contributed by atoms with Gasteiger partial charge in [-0.05, 0) is 31.2 Å². The van der Waals surface area contributed by atoms with E-state index in [1.54, 1.807) is 19.1 Å². The number of aromatic nitrogens is 2. The molecule has 1 saturated heterocycles. The van der Waals surface area contributed by atoms with Gasteiger partial charge in [0.15, 0.2) is 9.84 Å². The molecule has 7 nitrogen and oxygen atoms in total. The second kappa shape index (κ2) is 6.20. The number of aryl methyl sites for hydroxylation is 1. The highest BCUT2D eigenvalue weighted by atomic mass is 32.2. The van der Waals surface area contributed by atoms with E-state index in [9.17, 15) is 13.2 Å². The quantitative estimate of drug-likeness (QED) is 0.822. The molecule has 0 bridgehead atoms. The number of nitrogens with zero attached hydrogens (tertiary/aromatic N) is 3. The molecule has 126 valence electrons. The number of amides is 1. The predicted molar refractivity (Wildman–Crippen MR) is 86.6 cm³/mol. The summed E-state index contributed by atoms with van der Waals surface area (Å²) in [7, 11) is -1.95. The predicted octanol–water partition coefficient (Wildman–Crippen LogP) is 1.09. The van der Waals surface area contributed by atoms with Crippen molar-refractivity contribution in [2.24, 2.45) is 0 Å². The number of benzene rings is 1. The van der Waals surface area contributed by atoms with Gasteiger partial charge in [-0.25, -0.2) is 13.4 Å². The van der Waals surface area contributed by atoms with E-state index in [0.717, 1.165) is 5.69 Å². The molecular formula is C16H17N3O4S. The molecule has 1 fully saturated rings. The van der Waals surface area contributed by atoms with E-state index >= 15 is 0 Å². The maximum atomic E-state index is 12.6. The third-order valence-electron chi connectivity index (χ3n) is 3.96. The summed E-state index contributed by atoms with van der Waals surface area (Å²) >= 11 is 0. The molecule has 8 heteroatoms. The Bertz CT molecular complexity index is 842. The second-order valence-corrected chi connectivity index (χ2v) is 7.82. The van der Waals surface area contributed by atoms with Crippen LogP contribution < -0.4 is 4.74 Å². The Morgan fingerprint density at radius 3 is 2.38 bits per heavy atom. The summed E-state index contributed by atoms with van der Waals surface area (Å²) < 4.78 is 30.1. The largest absolute Gasteiger partial charge is 0.497 e. The highest BCUT2D eigenvalue weighted by Crippen LogP contribution is 2.26. The molecule has 0 N–H and O–H groups in total. The summed E-state index contributed by atoms with van der Waals surface area (Å²) in [5.74, 6) is 0.293. The molecule has 1 aliphatic rings. The number of rotatable bonds is 4. The number of sulfone groups is 1. The van der Waals surface area contributed by atoms with Gasteiger partial charge in [-0.3, -0.25) is 9.78 Å². The maximum Gasteiger partial charge on any atom is 0.274 e. The van der Waals surface area contributed by atoms with Gasteiger partial charge in [-0.1, -0.05) is 0 Å². The normalized spacial score (nSPS) is 15.0. The Balaban J connectivity index is 1.68. The fraction of sp³-hybridized carbons (Fsp3) is 0.312. The molecule has 0 aliphatic carbocycles. The van der Waals surface area contributed by atoms with Crippen LogP contribution in [0.1, 0.15) is 16.2 Å². The fourth-order valence-corrected chi connectivity index (χ4v) is 4.08. The van der Waals surface area contributed by atoms with Crippen LogP contribution in [-0.4, -0.2) is 54.6 Å². The van der Waals surface area contributed by atoms with E-state index < -0.39 is 15.1 Å². The lowest BCUT2D eigenvalue weighted by atomic mass is 10.2. The smallest absolute Gasteiger partial charge is 0.274 e. The van der Waals surface area contributed by atoms with Crippen molar-refractivity contribution in [3.63, 3.8) is 0 Å². The van der Waals surface area contributed by atoms with Gasteiger partial charge in [-0.15, -0.1) is 0 Å². The van der Waals surface area contributed by atoms with Crippen molar-refractivity contribution in [3.8, 4) is 5.75 Å². The molecule has 24 heavy (non-hydrogen) atoms. The third-order valence-corrected chi connectivity index (χ3v) is 6.07. The van der Waals surface area contributed by atoms with Crippen LogP contribution in [-0.2, 0) is 9.84 Å². The van der Waals surface area contributed by atoms with E-state index in [0.29, 0.717) is 5.75 Å². The summed E-state index contributed by atoms with van der Waals surface area (Å²) in [6.07, 6.45) is 2.92. The first-order valence-corrected chi connectivity index (χ1v) is 8.92. The van der Waals surface area contributed by atoms with E-state index in [-0.39, 0.29) is 29.6 Å². The Morgan fingerprint density at radius 2 is 1.83 bits per heavy atom. The van der Waals surface area contributed by atoms with Crippen LogP contribution >= 0.6 is 0 Å². The molecule has 0 saturated carbocycles. The zero-order valence-electron chi connectivity index (χ0n) is 13.3. The van der Waals surface area contributed by atoms with Crippen LogP contribution in [0.2, 0.25) is 0 Å². The van der Waals surface area contributed by atoms with Crippen LogP contribution in [0.5, 0.6) is 5.75 Å². The second-order valence-electron chi connectivity index (χ2n) is 5.60. The molecule has 2 heterocycles. The Hall–Kier alpha value is -2.48. The number of carbonyl (C=O) groups excluding carboxylic acids is 1. The van der Waals surface area contributed by atoms with E-state index in [4.69, 9.17) is 4.74 Å². The lowest BCUT2D eigenvalue weighted by Crippen LogP contribution is -2.57. The van der Waals surface area contributed by atoms with Crippen molar-refractivity contribution in [3.05, 3.63) is 48.0 Å². The summed E-state index contributed by atoms with van der Waals surface area (Å²) in [6.45, 7) is 2.09. The zero-order valence-corrected chi connectivity index (χ0v) is 14.2. The molecule has 1 aromatic carbocycles. The molecule has 1 aliphatic heterocycles. The van der Waals surface area contributed by atoms with Gasteiger partial charge >= 0.3 is 0 Å². The molecule has 3 rings (SSSR count). The van der Waals surface area contributed by atoms with Crippen LogP contribution in [0.25, 0.3) is 0 Å². The monoisotopic (exact) mass is 347 g/mol. The van der Waals surface area contributed by atoms with Crippen LogP contribution in [0.15, 0.2) is 41.6 Å². The van der Waals surface area contributed by atoms with E-state index in [2.05, 4.69) is 9.97 Å². The van der Waals surface area contributed by atoms with Gasteiger partial charge in [0, 0.05) is 19.3 Å². The lowest BCUT2D eigenvalue weighted by Gasteiger charge is -2.38. The average molecular weight is 347 g/mol. The average Bonchev–Trinajstić information content (AvgIpc) is 2.54. The highest BCUT2D eigenvalue weighted by molar-refractivity contribution is 7.92. The molecule has 0 unspecified atom stereocenters. The zero-order chi connectivity index (χ0) is 17.3. The minimum atomic E-state index is -3.47. The minimum Gasteiger partial charge on any atom is -0.497 e. The van der Waals surface area contributed by atoms with Gasteiger partial charge in [0.05, 0.1) is 23.9 Å². The third kappa shape index (κ3) is 2.96. The Morgan fingerprint density at radius 1 is 1.17 bits per heavy atom. The van der Waals surface area contributed by atoms with Gasteiger partial charge < -0.3 is 9.64 Å². The topological polar surface area (TPSA) is 89.5 Å². The number of hydrogen-bond acceptors (Lipinski definition) is 6. The van der Waals surface area contributed by atoms with Crippen molar-refractivity contribution in [2.45, 2.75) is 17.1 Å². The van der Waals surface area contributed by atoms with E-state index in [1.165, 1.54) is 36.5 Å². The maximum absolute atomic E-state index is 12.6. The highest BCUT2D eigenvalue weighted by Gasteiger charge is 2.41. The molecule has 1 amide bonds. The van der Waals surface area contributed by atoms with Crippen molar-refractivity contribution in [1.29, 1.82) is 0 Å². The first-order chi connectivity index (χ1) is 11.4. The molecule has 0 atom stereocenters. The lowest BCUT2D eigenvalue weighted by molar-refractivity contribution is 0.0652. The van der Waals surface area contributed by atoms with Crippen molar-refractivity contribution in [1.82, 2.24) is 14.9 Å². The fourth-order valence-electron chi connectivity index (χ4n) is 2.42. The number of ether oxygens (including phenoxy) is 1. The number of carbonyl (C=O) groups is 1. The summed E-state index contributed by atoms with van der Waals surface area (Å²) in [6, 6.07) is 6.25. The first kappa shape index (κ1) is 16.4. The van der Waals surface area contributed by atoms with Gasteiger partial charge in [-0.2, -0.15) is 0 Å². The molecular weight excluding hydrogens is 330 g/mol. The molecule has 2 aromatic rings. The Labute approximate surface area is 140 Å². The van der Waals surface area contributed by atoms with Crippen LogP contribution in [0.3, 0.4) is 0 Å². The van der Waals surface area contributed by atoms with Crippen LogP contribution in [0.4, 0.5) is 0 Å². The van der Waals surface area contributed by atoms with Crippen LogP contribution in [0, 0.1) is 6.92 Å². The van der Waals surface area contributed by atoms with Gasteiger partial charge in [0.2, 0.25) is 0 Å². The summed E-state index contributed by atoms with van der Waals surface area (Å²) in [4.78, 5) is 22.0. The van der Waals surface area contributed by atoms with Crippen molar-refractivity contribution in [2.75, 3.05) is 20.2 Å². The molecule has 1 aromatic heterocycles. The number of hydrogen-bond donors (Lipinski definition) is 0. The first-order valence-electron chi connectivity index (χ1n) is 7.37. The summed E-state index contributed by atoms with van der Waals surface area (Å²) in [5, 5.41) is -0.603. The van der Waals surface area contributed by atoms with Crippen molar-refractivity contribution < 1.29 is 17.9 Å².